The third kappa shape index (κ3) is 2.20. The molecule has 3 heterocycles. The lowest BCUT2D eigenvalue weighted by Gasteiger charge is -2.21. The van der Waals surface area contributed by atoms with E-state index in [9.17, 15) is 8.42 Å². The molecule has 0 radical (unpaired) electrons. The molecule has 0 saturated carbocycles. The average Bonchev–Trinajstić information content (AvgIpc) is 2.75. The van der Waals surface area contributed by atoms with Gasteiger partial charge in [0.05, 0.1) is 12.7 Å². The predicted molar refractivity (Wildman–Crippen MR) is 53.1 cm³/mol. The van der Waals surface area contributed by atoms with E-state index in [1.54, 1.807) is 0 Å². The highest BCUT2D eigenvalue weighted by molar-refractivity contribution is 7.82. The van der Waals surface area contributed by atoms with Gasteiger partial charge >= 0.3 is 10.4 Å². The Balaban J connectivity index is 1.64. The Morgan fingerprint density at radius 1 is 1.12 bits per heavy atom. The second kappa shape index (κ2) is 3.62. The van der Waals surface area contributed by atoms with Crippen LogP contribution in [0.15, 0.2) is 0 Å². The molecule has 0 bridgehead atoms. The van der Waals surface area contributed by atoms with Crippen molar-refractivity contribution in [3.8, 4) is 0 Å². The molecule has 0 N–H and O–H groups in total. The van der Waals surface area contributed by atoms with E-state index < -0.39 is 28.6 Å². The summed E-state index contributed by atoms with van der Waals surface area (Å²) in [7, 11) is -3.84. The summed E-state index contributed by atoms with van der Waals surface area (Å²) >= 11 is 0. The largest absolute Gasteiger partial charge is 0.400 e. The zero-order chi connectivity index (χ0) is 12.3. The van der Waals surface area contributed by atoms with Crippen molar-refractivity contribution in [2.24, 2.45) is 0 Å². The Hall–Kier alpha value is -0.250. The highest BCUT2D eigenvalue weighted by atomic mass is 32.3. The standard InChI is InChI=1S/C9H14O7S/c1-9(2)14-6-3-5(13-8(6)15-9)7-4-12-17(10,11)16-7/h5-8H,3-4H2,1-2H3/t5-,6+,7+,8+/m0/s1. The third-order valence-corrected chi connectivity index (χ3v) is 3.85. The molecule has 0 aromatic rings. The number of hydrogen-bond donors (Lipinski definition) is 0. The highest BCUT2D eigenvalue weighted by Crippen LogP contribution is 2.39. The van der Waals surface area contributed by atoms with Crippen LogP contribution in [0.2, 0.25) is 0 Å². The zero-order valence-electron chi connectivity index (χ0n) is 9.49. The molecule has 0 unspecified atom stereocenters. The molecule has 3 aliphatic rings. The van der Waals surface area contributed by atoms with E-state index in [2.05, 4.69) is 4.18 Å². The summed E-state index contributed by atoms with van der Waals surface area (Å²) < 4.78 is 48.0. The molecule has 3 rings (SSSR count). The molecule has 0 aliphatic carbocycles. The molecular formula is C9H14O7S. The summed E-state index contributed by atoms with van der Waals surface area (Å²) in [6, 6.07) is 0. The minimum Gasteiger partial charge on any atom is -0.344 e. The molecule has 3 fully saturated rings. The van der Waals surface area contributed by atoms with Crippen LogP contribution in [0, 0.1) is 0 Å². The predicted octanol–water partition coefficient (Wildman–Crippen LogP) is -0.0869. The van der Waals surface area contributed by atoms with Gasteiger partial charge in [-0.25, -0.2) is 8.37 Å². The van der Waals surface area contributed by atoms with Crippen molar-refractivity contribution in [2.75, 3.05) is 6.61 Å². The minimum absolute atomic E-state index is 0.0180. The third-order valence-electron chi connectivity index (χ3n) is 2.95. The van der Waals surface area contributed by atoms with Crippen LogP contribution in [0.25, 0.3) is 0 Å². The maximum absolute atomic E-state index is 11.0. The van der Waals surface area contributed by atoms with Gasteiger partial charge in [-0.2, -0.15) is 8.42 Å². The monoisotopic (exact) mass is 266 g/mol. The van der Waals surface area contributed by atoms with E-state index in [4.69, 9.17) is 18.4 Å². The van der Waals surface area contributed by atoms with Crippen LogP contribution in [-0.4, -0.2) is 45.4 Å². The molecular weight excluding hydrogens is 252 g/mol. The Labute approximate surface area is 99.3 Å². The molecule has 98 valence electrons. The first-order valence-electron chi connectivity index (χ1n) is 5.43. The fraction of sp³-hybridized carbons (Fsp3) is 1.00. The molecule has 4 atom stereocenters. The number of rotatable bonds is 1. The van der Waals surface area contributed by atoms with Gasteiger partial charge in [0.1, 0.15) is 12.2 Å². The maximum atomic E-state index is 11.0. The van der Waals surface area contributed by atoms with Crippen molar-refractivity contribution < 1.29 is 31.0 Å². The van der Waals surface area contributed by atoms with Gasteiger partial charge in [0, 0.05) is 6.42 Å². The summed E-state index contributed by atoms with van der Waals surface area (Å²) in [6.07, 6.45) is -1.08. The summed E-state index contributed by atoms with van der Waals surface area (Å²) in [5.41, 5.74) is 0. The first-order chi connectivity index (χ1) is 7.85. The van der Waals surface area contributed by atoms with E-state index in [0.717, 1.165) is 0 Å². The van der Waals surface area contributed by atoms with Crippen LogP contribution in [0.4, 0.5) is 0 Å². The number of ether oxygens (including phenoxy) is 3. The van der Waals surface area contributed by atoms with Crippen molar-refractivity contribution in [2.45, 2.75) is 50.7 Å². The van der Waals surface area contributed by atoms with Crippen molar-refractivity contribution in [3.63, 3.8) is 0 Å². The molecule has 0 aromatic carbocycles. The van der Waals surface area contributed by atoms with Crippen LogP contribution in [0.3, 0.4) is 0 Å². The molecule has 8 heteroatoms. The van der Waals surface area contributed by atoms with Crippen LogP contribution in [0.5, 0.6) is 0 Å². The molecule has 3 saturated heterocycles. The van der Waals surface area contributed by atoms with Crippen LogP contribution in [0.1, 0.15) is 20.3 Å². The molecule has 17 heavy (non-hydrogen) atoms. The van der Waals surface area contributed by atoms with Gasteiger partial charge in [-0.1, -0.05) is 0 Å². The smallest absolute Gasteiger partial charge is 0.344 e. The normalized spacial score (nSPS) is 47.2. The quantitative estimate of drug-likeness (QED) is 0.656. The van der Waals surface area contributed by atoms with E-state index >= 15 is 0 Å². The first-order valence-corrected chi connectivity index (χ1v) is 6.77. The van der Waals surface area contributed by atoms with Gasteiger partial charge in [-0.3, -0.25) is 0 Å². The molecule has 0 amide bonds. The minimum atomic E-state index is -3.84. The Bertz CT molecular complexity index is 401. The molecule has 0 aromatic heterocycles. The van der Waals surface area contributed by atoms with Crippen LogP contribution in [-0.2, 0) is 33.0 Å². The van der Waals surface area contributed by atoms with E-state index in [1.807, 2.05) is 13.8 Å². The van der Waals surface area contributed by atoms with Crippen molar-refractivity contribution >= 4 is 10.4 Å². The Morgan fingerprint density at radius 2 is 1.88 bits per heavy atom. The van der Waals surface area contributed by atoms with Gasteiger partial charge in [0.25, 0.3) is 0 Å². The first kappa shape index (κ1) is 11.8. The van der Waals surface area contributed by atoms with E-state index in [0.29, 0.717) is 6.42 Å². The van der Waals surface area contributed by atoms with E-state index in [1.165, 1.54) is 0 Å². The Kier molecular flexibility index (Phi) is 2.52. The SMILES string of the molecule is CC1(C)O[C@H]2O[C@H]([C@H]3COS(=O)(=O)O3)C[C@H]2O1. The topological polar surface area (TPSA) is 80.3 Å². The summed E-state index contributed by atoms with van der Waals surface area (Å²) in [6.45, 7) is 3.60. The second-order valence-electron chi connectivity index (χ2n) is 4.78. The van der Waals surface area contributed by atoms with Gasteiger partial charge in [0.15, 0.2) is 12.1 Å². The lowest BCUT2D eigenvalue weighted by molar-refractivity contribution is -0.211. The lowest BCUT2D eigenvalue weighted by Crippen LogP contribution is -2.32. The number of fused-ring (bicyclic) bond motifs is 1. The zero-order valence-corrected chi connectivity index (χ0v) is 10.3. The summed E-state index contributed by atoms with van der Waals surface area (Å²) in [4.78, 5) is 0. The van der Waals surface area contributed by atoms with Crippen molar-refractivity contribution in [1.82, 2.24) is 0 Å². The summed E-state index contributed by atoms with van der Waals surface area (Å²) in [5, 5.41) is 0. The van der Waals surface area contributed by atoms with Gasteiger partial charge in [0.2, 0.25) is 0 Å². The maximum Gasteiger partial charge on any atom is 0.400 e. The lowest BCUT2D eigenvalue weighted by atomic mass is 10.1. The van der Waals surface area contributed by atoms with Crippen molar-refractivity contribution in [1.29, 1.82) is 0 Å². The van der Waals surface area contributed by atoms with Gasteiger partial charge < -0.3 is 14.2 Å². The second-order valence-corrected chi connectivity index (χ2v) is 6.02. The van der Waals surface area contributed by atoms with Crippen LogP contribution < -0.4 is 0 Å². The fourth-order valence-electron chi connectivity index (χ4n) is 2.30. The molecule has 7 nitrogen and oxygen atoms in total. The van der Waals surface area contributed by atoms with Gasteiger partial charge in [-0.15, -0.1) is 0 Å². The highest BCUT2D eigenvalue weighted by Gasteiger charge is 2.52. The van der Waals surface area contributed by atoms with E-state index in [-0.39, 0.29) is 18.8 Å². The van der Waals surface area contributed by atoms with Crippen LogP contribution >= 0.6 is 0 Å². The molecule has 3 aliphatic heterocycles. The molecule has 0 spiro atoms. The van der Waals surface area contributed by atoms with Crippen molar-refractivity contribution in [3.05, 3.63) is 0 Å². The Morgan fingerprint density at radius 3 is 2.47 bits per heavy atom. The average molecular weight is 266 g/mol. The number of hydrogen-bond acceptors (Lipinski definition) is 7. The van der Waals surface area contributed by atoms with Gasteiger partial charge in [-0.05, 0) is 13.8 Å². The fourth-order valence-corrected chi connectivity index (χ4v) is 3.14. The summed E-state index contributed by atoms with van der Waals surface area (Å²) in [5.74, 6) is -0.653.